The van der Waals surface area contributed by atoms with Crippen molar-refractivity contribution in [1.82, 2.24) is 4.90 Å². The van der Waals surface area contributed by atoms with E-state index in [1.54, 1.807) is 0 Å². The molecule has 0 radical (unpaired) electrons. The lowest BCUT2D eigenvalue weighted by Gasteiger charge is -2.20. The molecule has 0 unspecified atom stereocenters. The number of thioether (sulfide) groups is 1. The minimum absolute atomic E-state index is 0.283. The Kier molecular flexibility index (Phi) is 4.87. The first-order valence-electron chi connectivity index (χ1n) is 5.67. The Morgan fingerprint density at radius 2 is 2.30 bits per heavy atom. The molecule has 1 aromatic carbocycles. The summed E-state index contributed by atoms with van der Waals surface area (Å²) in [5, 5.41) is 9.00. The molecular formula is C12H11BrFNO4S. The first kappa shape index (κ1) is 15.1. The van der Waals surface area contributed by atoms with E-state index in [1.807, 2.05) is 0 Å². The Morgan fingerprint density at radius 3 is 2.95 bits per heavy atom. The Morgan fingerprint density at radius 1 is 1.55 bits per heavy atom. The number of hydrogen-bond donors (Lipinski definition) is 1. The number of hydrogen-bond acceptors (Lipinski definition) is 4. The molecule has 1 aliphatic rings. The molecule has 0 spiro atoms. The molecule has 1 saturated heterocycles. The van der Waals surface area contributed by atoms with Gasteiger partial charge in [0.25, 0.3) is 5.91 Å². The molecule has 1 heterocycles. The largest absolute Gasteiger partial charge is 0.483 e. The van der Waals surface area contributed by atoms with Crippen LogP contribution in [0.15, 0.2) is 22.7 Å². The summed E-state index contributed by atoms with van der Waals surface area (Å²) in [4.78, 5) is 24.2. The van der Waals surface area contributed by atoms with Gasteiger partial charge in [-0.15, -0.1) is 11.8 Å². The molecule has 8 heteroatoms. The molecular weight excluding hydrogens is 353 g/mol. The van der Waals surface area contributed by atoms with E-state index < -0.39 is 23.7 Å². The maximum atomic E-state index is 12.9. The molecule has 0 aliphatic carbocycles. The molecule has 0 saturated carbocycles. The van der Waals surface area contributed by atoms with Gasteiger partial charge in [0, 0.05) is 5.75 Å². The van der Waals surface area contributed by atoms with Crippen LogP contribution in [0.5, 0.6) is 5.75 Å². The summed E-state index contributed by atoms with van der Waals surface area (Å²) in [5.74, 6) is -0.800. The number of nitrogens with zero attached hydrogens (tertiary/aromatic N) is 1. The molecule has 108 valence electrons. The van der Waals surface area contributed by atoms with Gasteiger partial charge in [-0.1, -0.05) is 0 Å². The summed E-state index contributed by atoms with van der Waals surface area (Å²) in [7, 11) is 0. The van der Waals surface area contributed by atoms with E-state index >= 15 is 0 Å². The SMILES string of the molecule is O=C(O)[C@@H]1CSCN1C(=O)COc1ccc(F)cc1Br. The zero-order valence-electron chi connectivity index (χ0n) is 10.2. The number of benzene rings is 1. The van der Waals surface area contributed by atoms with Crippen LogP contribution in [0.3, 0.4) is 0 Å². The van der Waals surface area contributed by atoms with Gasteiger partial charge in [-0.05, 0) is 34.1 Å². The van der Waals surface area contributed by atoms with E-state index in [9.17, 15) is 14.0 Å². The molecule has 2 rings (SSSR count). The van der Waals surface area contributed by atoms with Gasteiger partial charge < -0.3 is 14.7 Å². The minimum Gasteiger partial charge on any atom is -0.483 e. The topological polar surface area (TPSA) is 66.8 Å². The van der Waals surface area contributed by atoms with Crippen molar-refractivity contribution in [3.63, 3.8) is 0 Å². The van der Waals surface area contributed by atoms with Crippen molar-refractivity contribution in [3.8, 4) is 5.75 Å². The van der Waals surface area contributed by atoms with Crippen molar-refractivity contribution < 1.29 is 23.8 Å². The van der Waals surface area contributed by atoms with E-state index in [-0.39, 0.29) is 6.61 Å². The highest BCUT2D eigenvalue weighted by Crippen LogP contribution is 2.26. The third-order valence-electron chi connectivity index (χ3n) is 2.73. The number of halogens is 2. The van der Waals surface area contributed by atoms with E-state index in [2.05, 4.69) is 15.9 Å². The normalized spacial score (nSPS) is 18.1. The van der Waals surface area contributed by atoms with Crippen molar-refractivity contribution in [2.75, 3.05) is 18.2 Å². The minimum atomic E-state index is -1.02. The third kappa shape index (κ3) is 3.43. The molecule has 1 amide bonds. The highest BCUT2D eigenvalue weighted by Gasteiger charge is 2.34. The Hall–Kier alpha value is -1.28. The van der Waals surface area contributed by atoms with Gasteiger partial charge in [-0.2, -0.15) is 0 Å². The van der Waals surface area contributed by atoms with Gasteiger partial charge in [0.1, 0.15) is 17.6 Å². The second kappa shape index (κ2) is 6.45. The summed E-state index contributed by atoms with van der Waals surface area (Å²) in [6.45, 7) is -0.283. The fraction of sp³-hybridized carbons (Fsp3) is 0.333. The van der Waals surface area contributed by atoms with Crippen LogP contribution in [0.25, 0.3) is 0 Å². The quantitative estimate of drug-likeness (QED) is 0.885. The number of aliphatic carboxylic acids is 1. The van der Waals surface area contributed by atoms with Crippen LogP contribution in [0.1, 0.15) is 0 Å². The van der Waals surface area contributed by atoms with E-state index in [4.69, 9.17) is 9.84 Å². The number of ether oxygens (including phenoxy) is 1. The van der Waals surface area contributed by atoms with Gasteiger partial charge in [0.15, 0.2) is 6.61 Å². The van der Waals surface area contributed by atoms with Crippen LogP contribution in [0, 0.1) is 5.82 Å². The number of carbonyl (C=O) groups is 2. The number of amides is 1. The standard InChI is InChI=1S/C12H11BrFNO4S/c13-8-3-7(14)1-2-10(8)19-4-11(16)15-6-20-5-9(15)12(17)18/h1-3,9H,4-6H2,(H,17,18)/t9-/m0/s1. The van der Waals surface area contributed by atoms with Gasteiger partial charge in [0.2, 0.25) is 0 Å². The van der Waals surface area contributed by atoms with Gasteiger partial charge >= 0.3 is 5.97 Å². The number of rotatable bonds is 4. The van der Waals surface area contributed by atoms with Crippen LogP contribution < -0.4 is 4.74 Å². The molecule has 1 N–H and O–H groups in total. The lowest BCUT2D eigenvalue weighted by atomic mass is 10.3. The molecule has 1 fully saturated rings. The van der Waals surface area contributed by atoms with Gasteiger partial charge in [-0.25, -0.2) is 9.18 Å². The van der Waals surface area contributed by atoms with Crippen LogP contribution >= 0.6 is 27.7 Å². The van der Waals surface area contributed by atoms with Crippen molar-refractivity contribution in [3.05, 3.63) is 28.5 Å². The van der Waals surface area contributed by atoms with Crippen LogP contribution in [-0.4, -0.2) is 46.2 Å². The van der Waals surface area contributed by atoms with Crippen LogP contribution in [-0.2, 0) is 9.59 Å². The Balaban J connectivity index is 1.96. The van der Waals surface area contributed by atoms with Crippen molar-refractivity contribution in [2.45, 2.75) is 6.04 Å². The third-order valence-corrected chi connectivity index (χ3v) is 4.36. The Labute approximate surface area is 127 Å². The molecule has 5 nitrogen and oxygen atoms in total. The highest BCUT2D eigenvalue weighted by atomic mass is 79.9. The zero-order chi connectivity index (χ0) is 14.7. The summed E-state index contributed by atoms with van der Waals surface area (Å²) in [5.41, 5.74) is 0. The van der Waals surface area contributed by atoms with E-state index in [0.717, 1.165) is 0 Å². The Bertz CT molecular complexity index is 542. The maximum Gasteiger partial charge on any atom is 0.327 e. The van der Waals surface area contributed by atoms with Crippen molar-refractivity contribution in [2.24, 2.45) is 0 Å². The lowest BCUT2D eigenvalue weighted by Crippen LogP contribution is -2.43. The number of carboxylic acid groups (broad SMARTS) is 1. The van der Waals surface area contributed by atoms with Crippen LogP contribution in [0.4, 0.5) is 4.39 Å². The predicted molar refractivity (Wildman–Crippen MR) is 75.2 cm³/mol. The van der Waals surface area contributed by atoms with Crippen molar-refractivity contribution >= 4 is 39.6 Å². The molecule has 0 bridgehead atoms. The zero-order valence-corrected chi connectivity index (χ0v) is 12.6. The molecule has 1 aliphatic heterocycles. The number of carbonyl (C=O) groups excluding carboxylic acids is 1. The maximum absolute atomic E-state index is 12.9. The second-order valence-electron chi connectivity index (χ2n) is 4.08. The number of carboxylic acids is 1. The van der Waals surface area contributed by atoms with Gasteiger partial charge in [0.05, 0.1) is 10.3 Å². The van der Waals surface area contributed by atoms with Crippen molar-refractivity contribution in [1.29, 1.82) is 0 Å². The van der Waals surface area contributed by atoms with E-state index in [0.29, 0.717) is 21.9 Å². The lowest BCUT2D eigenvalue weighted by molar-refractivity contribution is -0.148. The highest BCUT2D eigenvalue weighted by molar-refractivity contribution is 9.10. The smallest absolute Gasteiger partial charge is 0.327 e. The monoisotopic (exact) mass is 363 g/mol. The van der Waals surface area contributed by atoms with E-state index in [1.165, 1.54) is 34.9 Å². The fourth-order valence-corrected chi connectivity index (χ4v) is 3.34. The summed E-state index contributed by atoms with van der Waals surface area (Å²) >= 11 is 4.51. The van der Waals surface area contributed by atoms with Gasteiger partial charge in [-0.3, -0.25) is 4.79 Å². The fourth-order valence-electron chi connectivity index (χ4n) is 1.71. The average molecular weight is 364 g/mol. The summed E-state index contributed by atoms with van der Waals surface area (Å²) in [6, 6.07) is 3.04. The molecule has 1 atom stereocenters. The predicted octanol–water partition coefficient (Wildman–Crippen LogP) is 1.95. The summed E-state index contributed by atoms with van der Waals surface area (Å²) in [6.07, 6.45) is 0. The average Bonchev–Trinajstić information content (AvgIpc) is 2.86. The molecule has 20 heavy (non-hydrogen) atoms. The second-order valence-corrected chi connectivity index (χ2v) is 5.93. The first-order valence-corrected chi connectivity index (χ1v) is 7.61. The molecule has 1 aromatic rings. The summed E-state index contributed by atoms with van der Waals surface area (Å²) < 4.78 is 18.6. The molecule has 0 aromatic heterocycles. The first-order chi connectivity index (χ1) is 9.49. The van der Waals surface area contributed by atoms with Crippen LogP contribution in [0.2, 0.25) is 0 Å².